The van der Waals surface area contributed by atoms with E-state index in [1.165, 1.54) is 0 Å². The number of hydrogen-bond donors (Lipinski definition) is 2. The summed E-state index contributed by atoms with van der Waals surface area (Å²) >= 11 is 0. The van der Waals surface area contributed by atoms with Crippen LogP contribution >= 0.6 is 0 Å². The normalized spacial score (nSPS) is 11.9. The van der Waals surface area contributed by atoms with E-state index in [-0.39, 0.29) is 22.5 Å². The second-order valence-electron chi connectivity index (χ2n) is 6.61. The molecule has 0 unspecified atom stereocenters. The van der Waals surface area contributed by atoms with Gasteiger partial charge in [-0.25, -0.2) is 9.59 Å². The number of aromatic nitrogens is 4. The highest BCUT2D eigenvalue weighted by atomic mass is 16.1. The van der Waals surface area contributed by atoms with Crippen LogP contribution in [0.25, 0.3) is 0 Å². The molecule has 0 aliphatic carbocycles. The van der Waals surface area contributed by atoms with E-state index in [2.05, 4.69) is 9.97 Å². The molecule has 0 atom stereocenters. The molecule has 2 aromatic rings. The van der Waals surface area contributed by atoms with Crippen molar-refractivity contribution in [2.24, 2.45) is 0 Å². The molecule has 0 saturated heterocycles. The lowest BCUT2D eigenvalue weighted by Crippen LogP contribution is -2.31. The SMILES string of the molecule is CC(C)(C)n1cc[nH]c1=O.CC(C)(C)n1cc[nH]c1=O. The second kappa shape index (κ2) is 5.56. The van der Waals surface area contributed by atoms with Gasteiger partial charge in [-0.3, -0.25) is 9.13 Å². The summed E-state index contributed by atoms with van der Waals surface area (Å²) in [7, 11) is 0. The average molecular weight is 280 g/mol. The first-order valence-electron chi connectivity index (χ1n) is 6.56. The summed E-state index contributed by atoms with van der Waals surface area (Å²) in [5, 5.41) is 0. The highest BCUT2D eigenvalue weighted by Gasteiger charge is 2.14. The minimum absolute atomic E-state index is 0.0486. The van der Waals surface area contributed by atoms with Crippen molar-refractivity contribution < 1.29 is 0 Å². The third-order valence-electron chi connectivity index (χ3n) is 2.74. The third-order valence-corrected chi connectivity index (χ3v) is 2.74. The van der Waals surface area contributed by atoms with E-state index in [1.54, 1.807) is 33.9 Å². The molecule has 0 aliphatic rings. The van der Waals surface area contributed by atoms with Crippen LogP contribution in [0, 0.1) is 0 Å². The zero-order chi connectivity index (χ0) is 15.6. The Morgan fingerprint density at radius 2 is 1.05 bits per heavy atom. The summed E-state index contributed by atoms with van der Waals surface area (Å²) < 4.78 is 3.32. The Balaban J connectivity index is 0.000000200. The van der Waals surface area contributed by atoms with Crippen LogP contribution in [0.2, 0.25) is 0 Å². The van der Waals surface area contributed by atoms with Crippen LogP contribution < -0.4 is 11.4 Å². The predicted octanol–water partition coefficient (Wildman–Crippen LogP) is 1.86. The van der Waals surface area contributed by atoms with E-state index in [1.807, 2.05) is 41.5 Å². The lowest BCUT2D eigenvalue weighted by atomic mass is 10.1. The zero-order valence-corrected chi connectivity index (χ0v) is 13.0. The maximum absolute atomic E-state index is 11.0. The van der Waals surface area contributed by atoms with Gasteiger partial charge in [0.05, 0.1) is 0 Å². The van der Waals surface area contributed by atoms with Crippen LogP contribution in [0.1, 0.15) is 41.5 Å². The minimum atomic E-state index is -0.114. The van der Waals surface area contributed by atoms with Crippen LogP contribution in [0.15, 0.2) is 34.4 Å². The topological polar surface area (TPSA) is 75.6 Å². The molecule has 20 heavy (non-hydrogen) atoms. The van der Waals surface area contributed by atoms with Crippen molar-refractivity contribution in [3.8, 4) is 0 Å². The van der Waals surface area contributed by atoms with E-state index >= 15 is 0 Å². The molecule has 0 aliphatic heterocycles. The number of rotatable bonds is 0. The molecule has 2 N–H and O–H groups in total. The molecule has 2 heterocycles. The number of H-pyrrole nitrogens is 2. The van der Waals surface area contributed by atoms with Crippen molar-refractivity contribution in [1.29, 1.82) is 0 Å². The van der Waals surface area contributed by atoms with Crippen LogP contribution in [-0.2, 0) is 11.1 Å². The van der Waals surface area contributed by atoms with Crippen LogP contribution in [-0.4, -0.2) is 19.1 Å². The van der Waals surface area contributed by atoms with Gasteiger partial charge in [-0.05, 0) is 41.5 Å². The Labute approximate surface area is 118 Å². The molecule has 6 heteroatoms. The van der Waals surface area contributed by atoms with Crippen LogP contribution in [0.3, 0.4) is 0 Å². The summed E-state index contributed by atoms with van der Waals surface area (Å²) in [5.41, 5.74) is -0.325. The first-order chi connectivity index (χ1) is 9.03. The molecule has 0 bridgehead atoms. The second-order valence-corrected chi connectivity index (χ2v) is 6.61. The van der Waals surface area contributed by atoms with Gasteiger partial charge in [0.2, 0.25) is 0 Å². The summed E-state index contributed by atoms with van der Waals surface area (Å²) in [6.45, 7) is 11.9. The van der Waals surface area contributed by atoms with E-state index < -0.39 is 0 Å². The van der Waals surface area contributed by atoms with Gasteiger partial charge >= 0.3 is 11.4 Å². The summed E-state index contributed by atoms with van der Waals surface area (Å²) in [4.78, 5) is 27.1. The largest absolute Gasteiger partial charge is 0.325 e. The van der Waals surface area contributed by atoms with Crippen molar-refractivity contribution >= 4 is 0 Å². The highest BCUT2D eigenvalue weighted by molar-refractivity contribution is 4.84. The van der Waals surface area contributed by atoms with Gasteiger partial charge in [-0.15, -0.1) is 0 Å². The summed E-state index contributed by atoms with van der Waals surface area (Å²) in [6.07, 6.45) is 6.80. The number of hydrogen-bond acceptors (Lipinski definition) is 2. The first-order valence-corrected chi connectivity index (χ1v) is 6.56. The Kier molecular flexibility index (Phi) is 4.47. The van der Waals surface area contributed by atoms with E-state index in [9.17, 15) is 9.59 Å². The Morgan fingerprint density at radius 1 is 0.750 bits per heavy atom. The molecule has 0 saturated carbocycles. The van der Waals surface area contributed by atoms with Crippen molar-refractivity contribution in [3.05, 3.63) is 45.8 Å². The third kappa shape index (κ3) is 4.01. The quantitative estimate of drug-likeness (QED) is 0.773. The fourth-order valence-electron chi connectivity index (χ4n) is 1.70. The smallest absolute Gasteiger partial charge is 0.313 e. The number of aromatic amines is 2. The zero-order valence-electron chi connectivity index (χ0n) is 13.0. The van der Waals surface area contributed by atoms with E-state index in [4.69, 9.17) is 0 Å². The molecule has 112 valence electrons. The molecule has 2 rings (SSSR count). The molecule has 0 aromatic carbocycles. The van der Waals surface area contributed by atoms with Gasteiger partial charge < -0.3 is 9.97 Å². The van der Waals surface area contributed by atoms with Gasteiger partial charge in [0.1, 0.15) is 0 Å². The van der Waals surface area contributed by atoms with Gasteiger partial charge in [-0.2, -0.15) is 0 Å². The molecule has 0 amide bonds. The summed E-state index contributed by atoms with van der Waals surface area (Å²) in [6, 6.07) is 0. The molecular weight excluding hydrogens is 256 g/mol. The van der Waals surface area contributed by atoms with Crippen molar-refractivity contribution in [2.45, 2.75) is 52.6 Å². The Hall–Kier alpha value is -1.98. The van der Waals surface area contributed by atoms with Crippen molar-refractivity contribution in [1.82, 2.24) is 19.1 Å². The molecular formula is C14H24N4O2. The lowest BCUT2D eigenvalue weighted by molar-refractivity contribution is 0.385. The standard InChI is InChI=1S/2C7H12N2O/c2*1-7(2,3)9-5-4-8-6(9)10/h2*4-5H,1-3H3,(H,8,10). The van der Waals surface area contributed by atoms with Crippen molar-refractivity contribution in [2.75, 3.05) is 0 Å². The first kappa shape index (κ1) is 16.1. The molecule has 6 nitrogen and oxygen atoms in total. The van der Waals surface area contributed by atoms with Crippen molar-refractivity contribution in [3.63, 3.8) is 0 Å². The molecule has 0 spiro atoms. The lowest BCUT2D eigenvalue weighted by Gasteiger charge is -2.18. The molecule has 2 aromatic heterocycles. The molecule has 0 fully saturated rings. The Morgan fingerprint density at radius 3 is 1.15 bits per heavy atom. The predicted molar refractivity (Wildman–Crippen MR) is 80.1 cm³/mol. The van der Waals surface area contributed by atoms with Gasteiger partial charge in [0.25, 0.3) is 0 Å². The summed E-state index contributed by atoms with van der Waals surface area (Å²) in [5.74, 6) is 0. The maximum atomic E-state index is 11.0. The van der Waals surface area contributed by atoms with Gasteiger partial charge in [0, 0.05) is 35.9 Å². The Bertz CT molecular complexity index is 585. The van der Waals surface area contributed by atoms with Gasteiger partial charge in [0.15, 0.2) is 0 Å². The highest BCUT2D eigenvalue weighted by Crippen LogP contribution is 2.09. The maximum Gasteiger partial charge on any atom is 0.325 e. The number of imidazole rings is 2. The number of nitrogens with zero attached hydrogens (tertiary/aromatic N) is 2. The number of nitrogens with one attached hydrogen (secondary N) is 2. The van der Waals surface area contributed by atoms with E-state index in [0.29, 0.717) is 0 Å². The van der Waals surface area contributed by atoms with Crippen LogP contribution in [0.4, 0.5) is 0 Å². The van der Waals surface area contributed by atoms with Crippen LogP contribution in [0.5, 0.6) is 0 Å². The minimum Gasteiger partial charge on any atom is -0.313 e. The molecule has 0 radical (unpaired) electrons. The fraction of sp³-hybridized carbons (Fsp3) is 0.571. The fourth-order valence-corrected chi connectivity index (χ4v) is 1.70. The van der Waals surface area contributed by atoms with Gasteiger partial charge in [-0.1, -0.05) is 0 Å². The average Bonchev–Trinajstić information content (AvgIpc) is 2.85. The van der Waals surface area contributed by atoms with E-state index in [0.717, 1.165) is 0 Å². The monoisotopic (exact) mass is 280 g/mol.